The van der Waals surface area contributed by atoms with Crippen LogP contribution in [0.3, 0.4) is 0 Å². The van der Waals surface area contributed by atoms with Crippen LogP contribution < -0.4 is 10.9 Å². The Morgan fingerprint density at radius 3 is 2.84 bits per heavy atom. The largest absolute Gasteiger partial charge is 0.459 e. The lowest BCUT2D eigenvalue weighted by molar-refractivity contribution is 0.0935. The molecule has 4 rings (SSSR count). The van der Waals surface area contributed by atoms with Gasteiger partial charge >= 0.3 is 5.91 Å². The fraction of sp³-hybridized carbons (Fsp3) is 0.0588. The minimum atomic E-state index is -0.400. The van der Waals surface area contributed by atoms with Crippen LogP contribution in [0.1, 0.15) is 16.1 Å². The average Bonchev–Trinajstić information content (AvgIpc) is 3.30. The second-order valence-corrected chi connectivity index (χ2v) is 5.36. The number of carbonyl (C=O) groups excluding carboxylic acids is 1. The third kappa shape index (κ3) is 2.69. The topological polar surface area (TPSA) is 97.9 Å². The summed E-state index contributed by atoms with van der Waals surface area (Å²) in [5.74, 6) is 0.251. The van der Waals surface area contributed by atoms with E-state index in [9.17, 15) is 4.79 Å². The molecule has 0 aliphatic rings. The van der Waals surface area contributed by atoms with Crippen molar-refractivity contribution in [1.29, 1.82) is 0 Å². The molecular weight excluding hydrogens is 320 g/mol. The quantitative estimate of drug-likeness (QED) is 0.556. The van der Waals surface area contributed by atoms with Gasteiger partial charge in [-0.1, -0.05) is 18.2 Å². The maximum absolute atomic E-state index is 12.0. The van der Waals surface area contributed by atoms with E-state index in [0.717, 1.165) is 11.3 Å². The van der Waals surface area contributed by atoms with Gasteiger partial charge in [-0.15, -0.1) is 0 Å². The number of aryl methyl sites for hydroxylation is 1. The van der Waals surface area contributed by atoms with Gasteiger partial charge in [0.05, 0.1) is 23.5 Å². The summed E-state index contributed by atoms with van der Waals surface area (Å²) >= 11 is 0. The van der Waals surface area contributed by atoms with E-state index in [4.69, 9.17) is 4.42 Å². The maximum Gasteiger partial charge on any atom is 0.305 e. The number of benzene rings is 1. The number of rotatable bonds is 4. The van der Waals surface area contributed by atoms with Crippen LogP contribution in [0.25, 0.3) is 16.7 Å². The number of para-hydroxylation sites is 1. The number of hydrogen-bond donors (Lipinski definition) is 2. The fourth-order valence-electron chi connectivity index (χ4n) is 2.51. The minimum Gasteiger partial charge on any atom is -0.459 e. The van der Waals surface area contributed by atoms with Crippen LogP contribution in [0.4, 0.5) is 5.82 Å². The number of nitrogens with one attached hydrogen (secondary N) is 2. The van der Waals surface area contributed by atoms with E-state index in [0.29, 0.717) is 16.9 Å². The maximum atomic E-state index is 12.0. The van der Waals surface area contributed by atoms with Gasteiger partial charge in [-0.3, -0.25) is 15.6 Å². The Balaban J connectivity index is 1.65. The van der Waals surface area contributed by atoms with Gasteiger partial charge in [0.25, 0.3) is 0 Å². The highest BCUT2D eigenvalue weighted by Crippen LogP contribution is 2.22. The smallest absolute Gasteiger partial charge is 0.305 e. The van der Waals surface area contributed by atoms with Crippen molar-refractivity contribution >= 4 is 22.8 Å². The Hall–Kier alpha value is -3.68. The Morgan fingerprint density at radius 1 is 1.16 bits per heavy atom. The predicted molar refractivity (Wildman–Crippen MR) is 91.2 cm³/mol. The third-order valence-electron chi connectivity index (χ3n) is 3.75. The van der Waals surface area contributed by atoms with Crippen LogP contribution in [0.15, 0.2) is 59.6 Å². The van der Waals surface area contributed by atoms with E-state index >= 15 is 0 Å². The highest BCUT2D eigenvalue weighted by Gasteiger charge is 2.13. The normalized spacial score (nSPS) is 10.8. The summed E-state index contributed by atoms with van der Waals surface area (Å²) in [7, 11) is 0. The van der Waals surface area contributed by atoms with E-state index in [1.165, 1.54) is 12.6 Å². The summed E-state index contributed by atoms with van der Waals surface area (Å²) in [6, 6.07) is 11.1. The van der Waals surface area contributed by atoms with Crippen LogP contribution in [0.2, 0.25) is 0 Å². The highest BCUT2D eigenvalue weighted by atomic mass is 16.3. The molecule has 1 amide bonds. The molecule has 0 saturated heterocycles. The van der Waals surface area contributed by atoms with Crippen molar-refractivity contribution in [2.24, 2.45) is 0 Å². The zero-order valence-corrected chi connectivity index (χ0v) is 13.3. The lowest BCUT2D eigenvalue weighted by Crippen LogP contribution is -2.29. The van der Waals surface area contributed by atoms with Gasteiger partial charge in [-0.05, 0) is 30.7 Å². The van der Waals surface area contributed by atoms with Gasteiger partial charge < -0.3 is 4.42 Å². The molecule has 8 nitrogen and oxygen atoms in total. The van der Waals surface area contributed by atoms with Crippen LogP contribution in [-0.2, 0) is 0 Å². The van der Waals surface area contributed by atoms with Gasteiger partial charge in [0.1, 0.15) is 6.33 Å². The molecule has 2 N–H and O–H groups in total. The molecule has 124 valence electrons. The monoisotopic (exact) mass is 334 g/mol. The van der Waals surface area contributed by atoms with Gasteiger partial charge in [-0.25, -0.2) is 14.6 Å². The van der Waals surface area contributed by atoms with Crippen LogP contribution in [-0.4, -0.2) is 25.7 Å². The molecule has 0 radical (unpaired) electrons. The van der Waals surface area contributed by atoms with E-state index in [2.05, 4.69) is 25.9 Å². The average molecular weight is 334 g/mol. The van der Waals surface area contributed by atoms with Crippen molar-refractivity contribution in [1.82, 2.24) is 25.2 Å². The first-order valence-electron chi connectivity index (χ1n) is 7.58. The molecule has 0 unspecified atom stereocenters. The second-order valence-electron chi connectivity index (χ2n) is 5.36. The summed E-state index contributed by atoms with van der Waals surface area (Å²) in [6.07, 6.45) is 4.51. The van der Waals surface area contributed by atoms with Crippen LogP contribution in [0.5, 0.6) is 0 Å². The standard InChI is InChI=1S/C17H14N6O2/c1-11-5-2-3-6-13(11)23-16-12(9-20-23)15(18-10-19-16)21-22-17(24)14-7-4-8-25-14/h2-10H,1H3,(H,22,24)(H,18,19,21). The number of anilines is 1. The van der Waals surface area contributed by atoms with E-state index < -0.39 is 5.91 Å². The molecule has 0 saturated carbocycles. The molecule has 25 heavy (non-hydrogen) atoms. The van der Waals surface area contributed by atoms with Crippen molar-refractivity contribution in [2.75, 3.05) is 5.43 Å². The summed E-state index contributed by atoms with van der Waals surface area (Å²) in [4.78, 5) is 20.4. The van der Waals surface area contributed by atoms with Gasteiger partial charge in [0.15, 0.2) is 17.2 Å². The van der Waals surface area contributed by atoms with E-state index in [-0.39, 0.29) is 5.76 Å². The van der Waals surface area contributed by atoms with Crippen LogP contribution >= 0.6 is 0 Å². The molecule has 0 bridgehead atoms. The van der Waals surface area contributed by atoms with Crippen molar-refractivity contribution in [3.63, 3.8) is 0 Å². The molecule has 0 fully saturated rings. The summed E-state index contributed by atoms with van der Waals surface area (Å²) < 4.78 is 6.79. The number of amides is 1. The van der Waals surface area contributed by atoms with E-state index in [1.54, 1.807) is 23.0 Å². The highest BCUT2D eigenvalue weighted by molar-refractivity contribution is 5.93. The lowest BCUT2D eigenvalue weighted by atomic mass is 10.2. The number of nitrogens with zero attached hydrogens (tertiary/aromatic N) is 4. The van der Waals surface area contributed by atoms with E-state index in [1.807, 2.05) is 31.2 Å². The van der Waals surface area contributed by atoms with Gasteiger partial charge in [0.2, 0.25) is 0 Å². The molecule has 0 aliphatic carbocycles. The Bertz CT molecular complexity index is 1040. The first-order chi connectivity index (χ1) is 12.2. The van der Waals surface area contributed by atoms with Gasteiger partial charge in [-0.2, -0.15) is 5.10 Å². The first-order valence-corrected chi connectivity index (χ1v) is 7.58. The second kappa shape index (κ2) is 6.08. The molecule has 3 heterocycles. The summed E-state index contributed by atoms with van der Waals surface area (Å²) in [5.41, 5.74) is 7.98. The number of hydrazine groups is 1. The fourth-order valence-corrected chi connectivity index (χ4v) is 2.51. The number of furan rings is 1. The molecule has 0 aliphatic heterocycles. The zero-order valence-electron chi connectivity index (χ0n) is 13.3. The molecule has 0 atom stereocenters. The van der Waals surface area contributed by atoms with Crippen molar-refractivity contribution < 1.29 is 9.21 Å². The van der Waals surface area contributed by atoms with Crippen molar-refractivity contribution in [2.45, 2.75) is 6.92 Å². The molecule has 1 aromatic carbocycles. The first kappa shape index (κ1) is 14.9. The number of fused-ring (bicyclic) bond motifs is 1. The van der Waals surface area contributed by atoms with Gasteiger partial charge in [0, 0.05) is 0 Å². The SMILES string of the molecule is Cc1ccccc1-n1ncc2c(NNC(=O)c3ccco3)ncnc21. The minimum absolute atomic E-state index is 0.202. The molecular formula is C17H14N6O2. The zero-order chi connectivity index (χ0) is 17.2. The molecule has 3 aromatic heterocycles. The lowest BCUT2D eigenvalue weighted by Gasteiger charge is -2.08. The Labute approximate surface area is 142 Å². The molecule has 0 spiro atoms. The predicted octanol–water partition coefficient (Wildman–Crippen LogP) is 2.47. The Kier molecular flexibility index (Phi) is 3.62. The summed E-state index contributed by atoms with van der Waals surface area (Å²) in [5, 5.41) is 5.09. The van der Waals surface area contributed by atoms with Crippen molar-refractivity contribution in [3.05, 3.63) is 66.5 Å². The molecule has 4 aromatic rings. The van der Waals surface area contributed by atoms with Crippen molar-refractivity contribution in [3.8, 4) is 5.69 Å². The third-order valence-corrected chi connectivity index (χ3v) is 3.75. The number of aromatic nitrogens is 4. The summed E-state index contributed by atoms with van der Waals surface area (Å²) in [6.45, 7) is 2.01. The number of hydrogen-bond acceptors (Lipinski definition) is 6. The molecule has 8 heteroatoms. The number of carbonyl (C=O) groups is 1. The Morgan fingerprint density at radius 2 is 2.04 bits per heavy atom. The van der Waals surface area contributed by atoms with Crippen LogP contribution in [0, 0.1) is 6.92 Å².